The Morgan fingerprint density at radius 3 is 2.87 bits per heavy atom. The smallest absolute Gasteiger partial charge is 0.263 e. The van der Waals surface area contributed by atoms with Crippen LogP contribution in [0.1, 0.15) is 37.1 Å². The van der Waals surface area contributed by atoms with Gasteiger partial charge in [-0.25, -0.2) is 4.98 Å². The number of fused-ring (bicyclic) bond motifs is 2. The van der Waals surface area contributed by atoms with Gasteiger partial charge in [-0.05, 0) is 44.7 Å². The molecule has 1 amide bonds. The van der Waals surface area contributed by atoms with E-state index in [1.165, 1.54) is 12.8 Å². The summed E-state index contributed by atoms with van der Waals surface area (Å²) in [5.41, 5.74) is 0.672. The largest absolute Gasteiger partial charge is 0.459 e. The van der Waals surface area contributed by atoms with Crippen molar-refractivity contribution in [3.63, 3.8) is 0 Å². The van der Waals surface area contributed by atoms with Crippen molar-refractivity contribution < 1.29 is 13.6 Å². The molecular formula is C17H21N3O3. The molecule has 0 spiro atoms. The quantitative estimate of drug-likeness (QED) is 0.904. The molecule has 0 aliphatic carbocycles. The van der Waals surface area contributed by atoms with Gasteiger partial charge in [0.25, 0.3) is 5.89 Å². The lowest BCUT2D eigenvalue weighted by atomic mass is 9.99. The Balaban J connectivity index is 1.39. The highest BCUT2D eigenvalue weighted by Crippen LogP contribution is 2.27. The molecule has 0 aromatic carbocycles. The Morgan fingerprint density at radius 1 is 1.39 bits per heavy atom. The highest BCUT2D eigenvalue weighted by molar-refractivity contribution is 5.78. The Labute approximate surface area is 134 Å². The van der Waals surface area contributed by atoms with E-state index in [4.69, 9.17) is 8.83 Å². The Hall–Kier alpha value is -2.08. The maximum atomic E-state index is 12.3. The fourth-order valence-corrected chi connectivity index (χ4v) is 3.70. The van der Waals surface area contributed by atoms with Crippen molar-refractivity contribution in [3.8, 4) is 11.7 Å². The molecule has 122 valence electrons. The van der Waals surface area contributed by atoms with Crippen molar-refractivity contribution in [2.75, 3.05) is 0 Å². The van der Waals surface area contributed by atoms with Crippen molar-refractivity contribution in [2.45, 2.75) is 57.2 Å². The van der Waals surface area contributed by atoms with Gasteiger partial charge in [-0.1, -0.05) is 0 Å². The first kappa shape index (κ1) is 14.5. The third-order valence-electron chi connectivity index (χ3n) is 4.79. The zero-order valence-electron chi connectivity index (χ0n) is 13.2. The highest BCUT2D eigenvalue weighted by atomic mass is 16.4. The summed E-state index contributed by atoms with van der Waals surface area (Å²) in [5, 5.41) is 6.74. The summed E-state index contributed by atoms with van der Waals surface area (Å²) in [7, 11) is 0. The van der Waals surface area contributed by atoms with Crippen LogP contribution in [0.4, 0.5) is 0 Å². The van der Waals surface area contributed by atoms with Crippen LogP contribution in [0.5, 0.6) is 0 Å². The van der Waals surface area contributed by atoms with E-state index in [9.17, 15) is 4.79 Å². The summed E-state index contributed by atoms with van der Waals surface area (Å²) in [4.78, 5) is 16.7. The SMILES string of the molecule is Cc1oc(-c2ccco2)nc1CC(=O)NC1CC2CCC(C1)N2. The second-order valence-electron chi connectivity index (χ2n) is 6.55. The van der Waals surface area contributed by atoms with Gasteiger partial charge in [-0.3, -0.25) is 4.79 Å². The molecule has 2 aliphatic heterocycles. The lowest BCUT2D eigenvalue weighted by Crippen LogP contribution is -2.48. The van der Waals surface area contributed by atoms with E-state index in [1.807, 2.05) is 6.92 Å². The molecule has 4 heterocycles. The molecule has 2 unspecified atom stereocenters. The van der Waals surface area contributed by atoms with Crippen LogP contribution in [0.15, 0.2) is 27.2 Å². The van der Waals surface area contributed by atoms with Crippen molar-refractivity contribution in [2.24, 2.45) is 0 Å². The van der Waals surface area contributed by atoms with Crippen molar-refractivity contribution in [1.82, 2.24) is 15.6 Å². The first-order valence-corrected chi connectivity index (χ1v) is 8.23. The maximum Gasteiger partial charge on any atom is 0.263 e. The zero-order valence-corrected chi connectivity index (χ0v) is 13.2. The van der Waals surface area contributed by atoms with E-state index in [2.05, 4.69) is 15.6 Å². The molecule has 6 nitrogen and oxygen atoms in total. The lowest BCUT2D eigenvalue weighted by molar-refractivity contribution is -0.121. The van der Waals surface area contributed by atoms with E-state index in [1.54, 1.807) is 18.4 Å². The van der Waals surface area contributed by atoms with Crippen LogP contribution >= 0.6 is 0 Å². The van der Waals surface area contributed by atoms with E-state index in [-0.39, 0.29) is 18.4 Å². The number of furan rings is 1. The number of carbonyl (C=O) groups is 1. The summed E-state index contributed by atoms with van der Waals surface area (Å²) >= 11 is 0. The number of nitrogens with one attached hydrogen (secondary N) is 2. The lowest BCUT2D eigenvalue weighted by Gasteiger charge is -2.29. The van der Waals surface area contributed by atoms with Gasteiger partial charge in [-0.2, -0.15) is 0 Å². The third-order valence-corrected chi connectivity index (χ3v) is 4.79. The minimum absolute atomic E-state index is 0.0127. The van der Waals surface area contributed by atoms with Gasteiger partial charge < -0.3 is 19.5 Å². The molecule has 2 aliphatic rings. The Bertz CT molecular complexity index is 680. The predicted molar refractivity (Wildman–Crippen MR) is 83.8 cm³/mol. The molecule has 4 rings (SSSR count). The monoisotopic (exact) mass is 315 g/mol. The zero-order chi connectivity index (χ0) is 15.8. The standard InChI is InChI=1S/C17H21N3O3/c1-10-14(20-17(23-10)15-3-2-6-22-15)9-16(21)19-13-7-11-4-5-12(8-13)18-11/h2-3,6,11-13,18H,4-5,7-9H2,1H3,(H,19,21). The Kier molecular flexibility index (Phi) is 3.69. The number of aromatic nitrogens is 1. The fraction of sp³-hybridized carbons (Fsp3) is 0.529. The van der Waals surface area contributed by atoms with Gasteiger partial charge in [0, 0.05) is 18.1 Å². The first-order valence-electron chi connectivity index (χ1n) is 8.23. The molecule has 6 heteroatoms. The molecule has 0 saturated carbocycles. The number of hydrogen-bond acceptors (Lipinski definition) is 5. The van der Waals surface area contributed by atoms with Crippen LogP contribution in [-0.2, 0) is 11.2 Å². The number of nitrogens with zero attached hydrogens (tertiary/aromatic N) is 1. The van der Waals surface area contributed by atoms with E-state index < -0.39 is 0 Å². The number of piperidine rings is 1. The van der Waals surface area contributed by atoms with Crippen LogP contribution in [0.3, 0.4) is 0 Å². The average molecular weight is 315 g/mol. The molecule has 2 N–H and O–H groups in total. The highest BCUT2D eigenvalue weighted by Gasteiger charge is 2.34. The van der Waals surface area contributed by atoms with E-state index >= 15 is 0 Å². The van der Waals surface area contributed by atoms with E-state index in [0.29, 0.717) is 35.2 Å². The van der Waals surface area contributed by atoms with Gasteiger partial charge in [-0.15, -0.1) is 0 Å². The van der Waals surface area contributed by atoms with Crippen molar-refractivity contribution >= 4 is 5.91 Å². The van der Waals surface area contributed by atoms with Crippen molar-refractivity contribution in [3.05, 3.63) is 29.9 Å². The summed E-state index contributed by atoms with van der Waals surface area (Å²) in [6.07, 6.45) is 6.33. The van der Waals surface area contributed by atoms with Crippen LogP contribution in [0.25, 0.3) is 11.7 Å². The van der Waals surface area contributed by atoms with Gasteiger partial charge in [0.1, 0.15) is 5.76 Å². The van der Waals surface area contributed by atoms with Crippen LogP contribution in [0.2, 0.25) is 0 Å². The summed E-state index contributed by atoms with van der Waals surface area (Å²) in [5.74, 6) is 1.68. The molecule has 2 bridgehead atoms. The molecule has 23 heavy (non-hydrogen) atoms. The molecule has 2 aromatic rings. The summed E-state index contributed by atoms with van der Waals surface area (Å²) in [6.45, 7) is 1.83. The molecular weight excluding hydrogens is 294 g/mol. The first-order chi connectivity index (χ1) is 11.2. The molecule has 2 saturated heterocycles. The van der Waals surface area contributed by atoms with E-state index in [0.717, 1.165) is 12.8 Å². The maximum absolute atomic E-state index is 12.3. The minimum Gasteiger partial charge on any atom is -0.459 e. The molecule has 2 atom stereocenters. The number of rotatable bonds is 4. The van der Waals surface area contributed by atoms with Gasteiger partial charge in [0.15, 0.2) is 5.76 Å². The molecule has 2 fully saturated rings. The van der Waals surface area contributed by atoms with Gasteiger partial charge >= 0.3 is 0 Å². The van der Waals surface area contributed by atoms with Gasteiger partial charge in [0.05, 0.1) is 18.4 Å². The van der Waals surface area contributed by atoms with Crippen LogP contribution < -0.4 is 10.6 Å². The third kappa shape index (κ3) is 3.03. The number of oxazole rings is 1. The number of hydrogen-bond donors (Lipinski definition) is 2. The second-order valence-corrected chi connectivity index (χ2v) is 6.55. The minimum atomic E-state index is 0.0127. The number of carbonyl (C=O) groups excluding carboxylic acids is 1. The van der Waals surface area contributed by atoms with Gasteiger partial charge in [0.2, 0.25) is 5.91 Å². The average Bonchev–Trinajstić information content (AvgIpc) is 3.21. The summed E-state index contributed by atoms with van der Waals surface area (Å²) < 4.78 is 10.9. The van der Waals surface area contributed by atoms with Crippen molar-refractivity contribution in [1.29, 1.82) is 0 Å². The van der Waals surface area contributed by atoms with Crippen LogP contribution in [-0.4, -0.2) is 29.0 Å². The second kappa shape index (κ2) is 5.85. The fourth-order valence-electron chi connectivity index (χ4n) is 3.70. The molecule has 2 aromatic heterocycles. The number of amides is 1. The topological polar surface area (TPSA) is 80.3 Å². The normalized spacial score (nSPS) is 26.4. The Morgan fingerprint density at radius 2 is 2.17 bits per heavy atom. The number of aryl methyl sites for hydroxylation is 1. The van der Waals surface area contributed by atoms with Crippen LogP contribution in [0, 0.1) is 6.92 Å². The molecule has 0 radical (unpaired) electrons. The predicted octanol–water partition coefficient (Wildman–Crippen LogP) is 2.18. The summed E-state index contributed by atoms with van der Waals surface area (Å²) in [6, 6.07) is 4.99.